The van der Waals surface area contributed by atoms with Crippen molar-refractivity contribution in [1.82, 2.24) is 0 Å². The number of benzene rings is 1. The maximum absolute atomic E-state index is 13.3. The number of rotatable bonds is 4. The molecule has 1 atom stereocenters. The van der Waals surface area contributed by atoms with Crippen LogP contribution in [0.2, 0.25) is 0 Å². The molecule has 1 nitrogen and oxygen atoms in total. The quantitative estimate of drug-likeness (QED) is 0.742. The summed E-state index contributed by atoms with van der Waals surface area (Å²) in [5.41, 5.74) is 0.963. The van der Waals surface area contributed by atoms with E-state index in [0.29, 0.717) is 5.75 Å². The van der Waals surface area contributed by atoms with Gasteiger partial charge in [-0.05, 0) is 24.1 Å². The molecule has 0 aliphatic carbocycles. The normalized spacial score (nSPS) is 12.6. The fraction of sp³-hybridized carbons (Fsp3) is 0.455. The van der Waals surface area contributed by atoms with Gasteiger partial charge in [0.2, 0.25) is 0 Å². The molecule has 0 saturated carbocycles. The molecule has 14 heavy (non-hydrogen) atoms. The largest absolute Gasteiger partial charge is 0.494 e. The number of ether oxygens (including phenoxy) is 1. The average Bonchev–Trinajstić information content (AvgIpc) is 2.18. The van der Waals surface area contributed by atoms with Crippen LogP contribution in [-0.4, -0.2) is 7.11 Å². The Labute approximate surface area is 92.4 Å². The molecule has 1 rings (SSSR count). The highest BCUT2D eigenvalue weighted by molar-refractivity contribution is 9.09. The second-order valence-corrected chi connectivity index (χ2v) is 4.26. The predicted molar refractivity (Wildman–Crippen MR) is 59.5 cm³/mol. The molecule has 0 N–H and O–H groups in total. The first-order valence-electron chi connectivity index (χ1n) is 4.66. The second-order valence-electron chi connectivity index (χ2n) is 3.15. The summed E-state index contributed by atoms with van der Waals surface area (Å²) < 4.78 is 18.2. The molecular formula is C11H14BrFO. The van der Waals surface area contributed by atoms with E-state index in [2.05, 4.69) is 22.9 Å². The maximum atomic E-state index is 13.3. The van der Waals surface area contributed by atoms with E-state index in [1.165, 1.54) is 13.2 Å². The van der Waals surface area contributed by atoms with Gasteiger partial charge in [-0.25, -0.2) is 4.39 Å². The summed E-state index contributed by atoms with van der Waals surface area (Å²) in [7, 11) is 1.47. The van der Waals surface area contributed by atoms with Crippen LogP contribution in [0.1, 0.15) is 30.2 Å². The van der Waals surface area contributed by atoms with Gasteiger partial charge in [-0.2, -0.15) is 0 Å². The number of hydrogen-bond acceptors (Lipinski definition) is 1. The first-order valence-corrected chi connectivity index (χ1v) is 5.58. The molecule has 0 heterocycles. The molecule has 0 aliphatic heterocycles. The molecule has 1 aromatic carbocycles. The number of alkyl halides is 1. The van der Waals surface area contributed by atoms with Crippen LogP contribution in [0.15, 0.2) is 18.2 Å². The van der Waals surface area contributed by atoms with Gasteiger partial charge in [-0.15, -0.1) is 0 Å². The van der Waals surface area contributed by atoms with Crippen LogP contribution in [0.3, 0.4) is 0 Å². The highest BCUT2D eigenvalue weighted by atomic mass is 79.9. The lowest BCUT2D eigenvalue weighted by atomic mass is 10.1. The molecule has 0 radical (unpaired) electrons. The summed E-state index contributed by atoms with van der Waals surface area (Å²) in [5, 5.41) is 0. The predicted octanol–water partition coefficient (Wildman–Crippen LogP) is 4.07. The molecule has 0 fully saturated rings. The zero-order valence-electron chi connectivity index (χ0n) is 8.39. The van der Waals surface area contributed by atoms with E-state index in [4.69, 9.17) is 4.74 Å². The van der Waals surface area contributed by atoms with Gasteiger partial charge < -0.3 is 4.74 Å². The zero-order valence-corrected chi connectivity index (χ0v) is 9.97. The van der Waals surface area contributed by atoms with E-state index in [1.54, 1.807) is 6.07 Å². The number of halogens is 2. The Bertz CT molecular complexity index is 301. The van der Waals surface area contributed by atoms with Crippen LogP contribution in [0.25, 0.3) is 0 Å². The Morgan fingerprint density at radius 2 is 2.21 bits per heavy atom. The van der Waals surface area contributed by atoms with E-state index in [0.717, 1.165) is 18.4 Å². The van der Waals surface area contributed by atoms with Crippen molar-refractivity contribution in [2.45, 2.75) is 24.6 Å². The van der Waals surface area contributed by atoms with Crippen LogP contribution in [0.5, 0.6) is 5.75 Å². The third-order valence-electron chi connectivity index (χ3n) is 2.08. The van der Waals surface area contributed by atoms with E-state index < -0.39 is 0 Å². The summed E-state index contributed by atoms with van der Waals surface area (Å²) in [6, 6.07) is 5.07. The van der Waals surface area contributed by atoms with Crippen LogP contribution >= 0.6 is 15.9 Å². The minimum absolute atomic E-state index is 0.230. The Morgan fingerprint density at radius 1 is 1.50 bits per heavy atom. The molecule has 0 aromatic heterocycles. The first-order chi connectivity index (χ1) is 6.69. The van der Waals surface area contributed by atoms with Crippen molar-refractivity contribution < 1.29 is 9.13 Å². The number of hydrogen-bond donors (Lipinski definition) is 0. The maximum Gasteiger partial charge on any atom is 0.165 e. The van der Waals surface area contributed by atoms with Gasteiger partial charge in [-0.1, -0.05) is 35.3 Å². The Kier molecular flexibility index (Phi) is 4.39. The van der Waals surface area contributed by atoms with Crippen LogP contribution in [0, 0.1) is 5.82 Å². The van der Waals surface area contributed by atoms with Crippen LogP contribution in [0.4, 0.5) is 4.39 Å². The second kappa shape index (κ2) is 5.35. The van der Waals surface area contributed by atoms with Gasteiger partial charge in [0, 0.05) is 4.83 Å². The smallest absolute Gasteiger partial charge is 0.165 e. The molecule has 3 heteroatoms. The summed E-state index contributed by atoms with van der Waals surface area (Å²) >= 11 is 3.52. The van der Waals surface area contributed by atoms with Gasteiger partial charge in [0.05, 0.1) is 7.11 Å². The lowest BCUT2D eigenvalue weighted by Crippen LogP contribution is -1.93. The molecule has 0 spiro atoms. The summed E-state index contributed by atoms with van der Waals surface area (Å²) in [6.07, 6.45) is 2.08. The minimum atomic E-state index is -0.300. The van der Waals surface area contributed by atoms with Crippen molar-refractivity contribution in [3.8, 4) is 5.75 Å². The van der Waals surface area contributed by atoms with E-state index in [-0.39, 0.29) is 10.6 Å². The van der Waals surface area contributed by atoms with Crippen LogP contribution in [-0.2, 0) is 0 Å². The fourth-order valence-corrected chi connectivity index (χ4v) is 2.04. The standard InChI is InChI=1S/C11H14BrFO/c1-3-4-9(12)8-5-6-11(14-2)10(13)7-8/h5-7,9H,3-4H2,1-2H3. The zero-order chi connectivity index (χ0) is 10.6. The third-order valence-corrected chi connectivity index (χ3v) is 3.07. The first kappa shape index (κ1) is 11.5. The molecule has 0 amide bonds. The average molecular weight is 261 g/mol. The SMILES string of the molecule is CCCC(Br)c1ccc(OC)c(F)c1. The van der Waals surface area contributed by atoms with E-state index in [1.807, 2.05) is 6.07 Å². The lowest BCUT2D eigenvalue weighted by Gasteiger charge is -2.10. The fourth-order valence-electron chi connectivity index (χ4n) is 1.30. The Hall–Kier alpha value is -0.570. The molecular weight excluding hydrogens is 247 g/mol. The highest BCUT2D eigenvalue weighted by Crippen LogP contribution is 2.30. The van der Waals surface area contributed by atoms with Crippen molar-refractivity contribution in [1.29, 1.82) is 0 Å². The molecule has 1 aromatic rings. The summed E-state index contributed by atoms with van der Waals surface area (Å²) in [6.45, 7) is 2.11. The summed E-state index contributed by atoms with van der Waals surface area (Å²) in [4.78, 5) is 0.230. The lowest BCUT2D eigenvalue weighted by molar-refractivity contribution is 0.386. The molecule has 1 unspecified atom stereocenters. The Morgan fingerprint density at radius 3 is 2.71 bits per heavy atom. The van der Waals surface area contributed by atoms with Gasteiger partial charge in [0.1, 0.15) is 0 Å². The highest BCUT2D eigenvalue weighted by Gasteiger charge is 2.09. The third kappa shape index (κ3) is 2.71. The topological polar surface area (TPSA) is 9.23 Å². The van der Waals surface area contributed by atoms with Crippen molar-refractivity contribution in [2.24, 2.45) is 0 Å². The summed E-state index contributed by atoms with van der Waals surface area (Å²) in [5.74, 6) is -0.00417. The van der Waals surface area contributed by atoms with Crippen molar-refractivity contribution in [3.05, 3.63) is 29.6 Å². The molecule has 0 aliphatic rings. The number of methoxy groups -OCH3 is 1. The molecule has 0 bridgehead atoms. The van der Waals surface area contributed by atoms with Crippen molar-refractivity contribution >= 4 is 15.9 Å². The van der Waals surface area contributed by atoms with Crippen molar-refractivity contribution in [2.75, 3.05) is 7.11 Å². The van der Waals surface area contributed by atoms with Crippen LogP contribution < -0.4 is 4.74 Å². The monoisotopic (exact) mass is 260 g/mol. The van der Waals surface area contributed by atoms with E-state index >= 15 is 0 Å². The Balaban J connectivity index is 2.85. The van der Waals surface area contributed by atoms with Crippen molar-refractivity contribution in [3.63, 3.8) is 0 Å². The van der Waals surface area contributed by atoms with Gasteiger partial charge in [0.25, 0.3) is 0 Å². The molecule has 78 valence electrons. The minimum Gasteiger partial charge on any atom is -0.494 e. The van der Waals surface area contributed by atoms with E-state index in [9.17, 15) is 4.39 Å². The molecule has 0 saturated heterocycles. The van der Waals surface area contributed by atoms with Gasteiger partial charge in [0.15, 0.2) is 11.6 Å². The van der Waals surface area contributed by atoms with Gasteiger partial charge in [-0.3, -0.25) is 0 Å². The van der Waals surface area contributed by atoms with Gasteiger partial charge >= 0.3 is 0 Å².